The number of aliphatic hydroxyl groups excluding tert-OH is 1. The van der Waals surface area contributed by atoms with Gasteiger partial charge >= 0.3 is 0 Å². The molecule has 1 atom stereocenters. The van der Waals surface area contributed by atoms with E-state index < -0.39 is 6.10 Å². The van der Waals surface area contributed by atoms with Gasteiger partial charge in [0.1, 0.15) is 5.75 Å². The van der Waals surface area contributed by atoms with E-state index in [0.29, 0.717) is 5.33 Å². The number of alkyl halides is 1. The van der Waals surface area contributed by atoms with E-state index in [1.165, 1.54) is 0 Å². The van der Waals surface area contributed by atoms with Gasteiger partial charge in [0.25, 0.3) is 0 Å². The van der Waals surface area contributed by atoms with E-state index in [9.17, 15) is 5.11 Å². The fraction of sp³-hybridized carbons (Fsp3) is 0.231. The maximum atomic E-state index is 9.72. The van der Waals surface area contributed by atoms with Crippen LogP contribution in [0.5, 0.6) is 5.75 Å². The SMILES string of the molecule is COc1ccc2cc(C(O)CBr)ccc2c1. The molecule has 0 aliphatic carbocycles. The number of aliphatic hydroxyl groups is 1. The molecular weight excluding hydrogens is 268 g/mol. The van der Waals surface area contributed by atoms with Crippen molar-refractivity contribution in [3.63, 3.8) is 0 Å². The van der Waals surface area contributed by atoms with Crippen LogP contribution < -0.4 is 4.74 Å². The number of fused-ring (bicyclic) bond motifs is 1. The van der Waals surface area contributed by atoms with Gasteiger partial charge in [-0.3, -0.25) is 0 Å². The second-order valence-corrected chi connectivity index (χ2v) is 4.29. The molecule has 0 spiro atoms. The fourth-order valence-electron chi connectivity index (χ4n) is 1.67. The van der Waals surface area contributed by atoms with Crippen LogP contribution in [0, 0.1) is 0 Å². The summed E-state index contributed by atoms with van der Waals surface area (Å²) in [6.07, 6.45) is -0.452. The normalized spacial score (nSPS) is 12.7. The summed E-state index contributed by atoms with van der Waals surface area (Å²) in [6.45, 7) is 0. The largest absolute Gasteiger partial charge is 0.497 e. The van der Waals surface area contributed by atoms with Crippen molar-refractivity contribution in [2.24, 2.45) is 0 Å². The second kappa shape index (κ2) is 4.85. The lowest BCUT2D eigenvalue weighted by molar-refractivity contribution is 0.205. The zero-order chi connectivity index (χ0) is 11.5. The molecule has 0 aromatic heterocycles. The summed E-state index contributed by atoms with van der Waals surface area (Å²) >= 11 is 3.27. The molecular formula is C13H13BrO2. The van der Waals surface area contributed by atoms with Gasteiger partial charge in [0.15, 0.2) is 0 Å². The molecule has 2 rings (SSSR count). The first-order chi connectivity index (χ1) is 7.74. The molecule has 0 amide bonds. The van der Waals surface area contributed by atoms with Gasteiger partial charge in [-0.1, -0.05) is 34.1 Å². The standard InChI is InChI=1S/C13H13BrO2/c1-16-12-5-4-9-6-11(13(15)8-14)3-2-10(9)7-12/h2-7,13,15H,8H2,1H3. The smallest absolute Gasteiger partial charge is 0.119 e. The van der Waals surface area contributed by atoms with Crippen LogP contribution in [0.1, 0.15) is 11.7 Å². The monoisotopic (exact) mass is 280 g/mol. The number of rotatable bonds is 3. The van der Waals surface area contributed by atoms with Gasteiger partial charge in [0.2, 0.25) is 0 Å². The Bertz CT molecular complexity index is 496. The summed E-state index contributed by atoms with van der Waals surface area (Å²) in [4.78, 5) is 0. The average Bonchev–Trinajstić information content (AvgIpc) is 2.36. The Morgan fingerprint density at radius 3 is 2.56 bits per heavy atom. The number of benzene rings is 2. The van der Waals surface area contributed by atoms with Gasteiger partial charge in [-0.05, 0) is 34.5 Å². The first kappa shape index (κ1) is 11.4. The molecule has 0 fully saturated rings. The number of hydrogen-bond acceptors (Lipinski definition) is 2. The number of halogens is 1. The molecule has 1 unspecified atom stereocenters. The lowest BCUT2D eigenvalue weighted by Gasteiger charge is -2.09. The summed E-state index contributed by atoms with van der Waals surface area (Å²) in [6, 6.07) is 11.8. The molecule has 84 valence electrons. The van der Waals surface area contributed by atoms with Gasteiger partial charge in [-0.25, -0.2) is 0 Å². The molecule has 16 heavy (non-hydrogen) atoms. The van der Waals surface area contributed by atoms with Crippen LogP contribution in [0.15, 0.2) is 36.4 Å². The van der Waals surface area contributed by atoms with E-state index in [1.54, 1.807) is 7.11 Å². The molecule has 0 bridgehead atoms. The summed E-state index contributed by atoms with van der Waals surface area (Å²) in [7, 11) is 1.66. The molecule has 0 saturated carbocycles. The van der Waals surface area contributed by atoms with Crippen LogP contribution in [0.25, 0.3) is 10.8 Å². The van der Waals surface area contributed by atoms with Crippen molar-refractivity contribution >= 4 is 26.7 Å². The maximum Gasteiger partial charge on any atom is 0.119 e. The van der Waals surface area contributed by atoms with E-state index in [-0.39, 0.29) is 0 Å². The van der Waals surface area contributed by atoms with Crippen LogP contribution >= 0.6 is 15.9 Å². The Labute approximate surface area is 103 Å². The molecule has 1 N–H and O–H groups in total. The van der Waals surface area contributed by atoms with Crippen LogP contribution in [-0.4, -0.2) is 17.5 Å². The van der Waals surface area contributed by atoms with Crippen molar-refractivity contribution in [1.82, 2.24) is 0 Å². The quantitative estimate of drug-likeness (QED) is 0.875. The highest BCUT2D eigenvalue weighted by atomic mass is 79.9. The Hall–Kier alpha value is -1.06. The Morgan fingerprint density at radius 2 is 1.88 bits per heavy atom. The zero-order valence-electron chi connectivity index (χ0n) is 8.98. The summed E-state index contributed by atoms with van der Waals surface area (Å²) in [5, 5.41) is 12.5. The highest BCUT2D eigenvalue weighted by molar-refractivity contribution is 9.09. The first-order valence-electron chi connectivity index (χ1n) is 5.06. The molecule has 0 radical (unpaired) electrons. The van der Waals surface area contributed by atoms with Gasteiger partial charge < -0.3 is 9.84 Å². The minimum absolute atomic E-state index is 0.452. The topological polar surface area (TPSA) is 29.5 Å². The molecule has 2 aromatic rings. The molecule has 0 aliphatic rings. The predicted molar refractivity (Wildman–Crippen MR) is 69.3 cm³/mol. The van der Waals surface area contributed by atoms with Crippen molar-refractivity contribution < 1.29 is 9.84 Å². The molecule has 0 aliphatic heterocycles. The molecule has 0 heterocycles. The maximum absolute atomic E-state index is 9.72. The Kier molecular flexibility index (Phi) is 3.46. The van der Waals surface area contributed by atoms with Crippen LogP contribution in [0.3, 0.4) is 0 Å². The molecule has 2 nitrogen and oxygen atoms in total. The van der Waals surface area contributed by atoms with E-state index in [0.717, 1.165) is 22.1 Å². The zero-order valence-corrected chi connectivity index (χ0v) is 10.6. The van der Waals surface area contributed by atoms with Crippen molar-refractivity contribution in [1.29, 1.82) is 0 Å². The highest BCUT2D eigenvalue weighted by Crippen LogP contribution is 2.24. The minimum atomic E-state index is -0.452. The summed E-state index contributed by atoms with van der Waals surface area (Å²) < 4.78 is 5.16. The number of ether oxygens (including phenoxy) is 1. The van der Waals surface area contributed by atoms with Crippen LogP contribution in [-0.2, 0) is 0 Å². The Morgan fingerprint density at radius 1 is 1.19 bits per heavy atom. The lowest BCUT2D eigenvalue weighted by atomic mass is 10.0. The lowest BCUT2D eigenvalue weighted by Crippen LogP contribution is -1.97. The van der Waals surface area contributed by atoms with E-state index in [2.05, 4.69) is 15.9 Å². The second-order valence-electron chi connectivity index (χ2n) is 3.64. The first-order valence-corrected chi connectivity index (χ1v) is 6.18. The molecule has 2 aromatic carbocycles. The number of hydrogen-bond donors (Lipinski definition) is 1. The van der Waals surface area contributed by atoms with Gasteiger partial charge in [-0.2, -0.15) is 0 Å². The highest BCUT2D eigenvalue weighted by Gasteiger charge is 2.06. The van der Waals surface area contributed by atoms with E-state index >= 15 is 0 Å². The molecule has 3 heteroatoms. The van der Waals surface area contributed by atoms with E-state index in [4.69, 9.17) is 4.74 Å². The third-order valence-corrected chi connectivity index (χ3v) is 3.22. The van der Waals surface area contributed by atoms with Gasteiger partial charge in [0, 0.05) is 5.33 Å². The van der Waals surface area contributed by atoms with Crippen molar-refractivity contribution in [2.45, 2.75) is 6.10 Å². The van der Waals surface area contributed by atoms with Gasteiger partial charge in [-0.15, -0.1) is 0 Å². The third kappa shape index (κ3) is 2.20. The van der Waals surface area contributed by atoms with Gasteiger partial charge in [0.05, 0.1) is 13.2 Å². The Balaban J connectivity index is 2.47. The minimum Gasteiger partial charge on any atom is -0.497 e. The molecule has 0 saturated heterocycles. The third-order valence-electron chi connectivity index (χ3n) is 2.60. The van der Waals surface area contributed by atoms with Crippen molar-refractivity contribution in [2.75, 3.05) is 12.4 Å². The summed E-state index contributed by atoms with van der Waals surface area (Å²) in [5.41, 5.74) is 0.926. The van der Waals surface area contributed by atoms with Crippen LogP contribution in [0.2, 0.25) is 0 Å². The van der Waals surface area contributed by atoms with Crippen molar-refractivity contribution in [3.05, 3.63) is 42.0 Å². The average molecular weight is 281 g/mol. The van der Waals surface area contributed by atoms with E-state index in [1.807, 2.05) is 36.4 Å². The summed E-state index contributed by atoms with van der Waals surface area (Å²) in [5.74, 6) is 0.848. The number of methoxy groups -OCH3 is 1. The fourth-order valence-corrected chi connectivity index (χ4v) is 2.04. The van der Waals surface area contributed by atoms with Crippen molar-refractivity contribution in [3.8, 4) is 5.75 Å². The predicted octanol–water partition coefficient (Wildman–Crippen LogP) is 3.28. The van der Waals surface area contributed by atoms with Crippen LogP contribution in [0.4, 0.5) is 0 Å².